The molecule has 0 rings (SSSR count). The summed E-state index contributed by atoms with van der Waals surface area (Å²) < 4.78 is 0. The predicted molar refractivity (Wildman–Crippen MR) is 178 cm³/mol. The van der Waals surface area contributed by atoms with Crippen molar-refractivity contribution >= 4 is 5.78 Å². The molecule has 0 bridgehead atoms. The third kappa shape index (κ3) is 37.7. The van der Waals surface area contributed by atoms with Gasteiger partial charge in [0.1, 0.15) is 5.78 Å². The topological polar surface area (TPSA) is 17.1 Å². The summed E-state index contributed by atoms with van der Waals surface area (Å²) in [6, 6.07) is 0. The minimum Gasteiger partial charge on any atom is -0.300 e. The summed E-state index contributed by atoms with van der Waals surface area (Å²) in [7, 11) is 0. The van der Waals surface area contributed by atoms with Crippen LogP contribution in [0.2, 0.25) is 0 Å². The molecule has 0 atom stereocenters. The molecule has 1 heteroatoms. The van der Waals surface area contributed by atoms with Gasteiger partial charge in [0.05, 0.1) is 0 Å². The van der Waals surface area contributed by atoms with Gasteiger partial charge in [-0.1, -0.05) is 219 Å². The van der Waals surface area contributed by atoms with Gasteiger partial charge in [0.15, 0.2) is 0 Å². The van der Waals surface area contributed by atoms with E-state index in [4.69, 9.17) is 0 Å². The molecule has 234 valence electrons. The van der Waals surface area contributed by atoms with Crippen LogP contribution in [0.3, 0.4) is 0 Å². The van der Waals surface area contributed by atoms with Gasteiger partial charge in [-0.3, -0.25) is 0 Å². The van der Waals surface area contributed by atoms with Gasteiger partial charge in [0, 0.05) is 6.42 Å². The number of carbonyl (C=O) groups excluding carboxylic acids is 1. The van der Waals surface area contributed by atoms with E-state index in [1.807, 2.05) is 0 Å². The summed E-state index contributed by atoms with van der Waals surface area (Å²) in [5.41, 5.74) is 0. The summed E-state index contributed by atoms with van der Waals surface area (Å²) >= 11 is 0. The van der Waals surface area contributed by atoms with Gasteiger partial charge in [-0.05, 0) is 13.3 Å². The Morgan fingerprint density at radius 1 is 0.282 bits per heavy atom. The lowest BCUT2D eigenvalue weighted by Gasteiger charge is -2.05. The predicted octanol–water partition coefficient (Wildman–Crippen LogP) is 14.2. The number of rotatable bonds is 35. The highest BCUT2D eigenvalue weighted by molar-refractivity contribution is 5.75. The van der Waals surface area contributed by atoms with Crippen LogP contribution in [0.25, 0.3) is 0 Å². The Balaban J connectivity index is 3.02. The number of Topliss-reactive ketones (excluding diaryl/α,β-unsaturated/α-hetero) is 1. The average molecular weight is 549 g/mol. The maximum Gasteiger partial charge on any atom is 0.129 e. The molecular formula is C38H76O. The van der Waals surface area contributed by atoms with Gasteiger partial charge in [0.25, 0.3) is 0 Å². The number of hydrogen-bond donors (Lipinski definition) is 0. The Kier molecular flexibility index (Phi) is 35.4. The molecule has 0 aromatic rings. The molecule has 0 radical (unpaired) electrons. The zero-order valence-corrected chi connectivity index (χ0v) is 27.7. The first-order chi connectivity index (χ1) is 19.3. The fraction of sp³-hybridized carbons (Fsp3) is 0.974. The van der Waals surface area contributed by atoms with E-state index in [1.54, 1.807) is 6.92 Å². The first-order valence-electron chi connectivity index (χ1n) is 18.8. The van der Waals surface area contributed by atoms with Crippen LogP contribution in [0.15, 0.2) is 0 Å². The first kappa shape index (κ1) is 38.7. The molecule has 0 unspecified atom stereocenters. The lowest BCUT2D eigenvalue weighted by molar-refractivity contribution is -0.117. The number of unbranched alkanes of at least 4 members (excludes halogenated alkanes) is 33. The van der Waals surface area contributed by atoms with Crippen LogP contribution >= 0.6 is 0 Å². The molecule has 0 aromatic heterocycles. The normalized spacial score (nSPS) is 11.4. The van der Waals surface area contributed by atoms with E-state index in [9.17, 15) is 4.79 Å². The number of carbonyl (C=O) groups is 1. The third-order valence-electron chi connectivity index (χ3n) is 8.88. The smallest absolute Gasteiger partial charge is 0.129 e. The van der Waals surface area contributed by atoms with Crippen molar-refractivity contribution in [2.24, 2.45) is 0 Å². The standard InChI is InChI=1S/C38H76O/c1-3-4-5-6-7-8-9-10-11-12-13-14-15-16-17-18-19-20-21-22-23-24-25-26-27-28-29-30-31-32-33-34-35-36-37-38(2)39/h3-37H2,1-2H3. The van der Waals surface area contributed by atoms with E-state index in [0.717, 1.165) is 12.8 Å². The largest absolute Gasteiger partial charge is 0.300 e. The van der Waals surface area contributed by atoms with Crippen molar-refractivity contribution in [1.82, 2.24) is 0 Å². The van der Waals surface area contributed by atoms with Gasteiger partial charge >= 0.3 is 0 Å². The number of hydrogen-bond acceptors (Lipinski definition) is 1. The van der Waals surface area contributed by atoms with Crippen molar-refractivity contribution in [3.63, 3.8) is 0 Å². The first-order valence-corrected chi connectivity index (χ1v) is 18.8. The summed E-state index contributed by atoms with van der Waals surface area (Å²) in [4.78, 5) is 10.9. The van der Waals surface area contributed by atoms with Gasteiger partial charge < -0.3 is 4.79 Å². The molecule has 0 aliphatic carbocycles. The Labute approximate surface area is 248 Å². The molecule has 0 fully saturated rings. The van der Waals surface area contributed by atoms with Crippen molar-refractivity contribution < 1.29 is 4.79 Å². The Bertz CT molecular complexity index is 442. The maximum atomic E-state index is 10.9. The van der Waals surface area contributed by atoms with Crippen LogP contribution < -0.4 is 0 Å². The summed E-state index contributed by atoms with van der Waals surface area (Å²) in [6.45, 7) is 4.02. The molecule has 0 aliphatic heterocycles. The molecule has 1 nitrogen and oxygen atoms in total. The second kappa shape index (κ2) is 35.7. The van der Waals surface area contributed by atoms with Crippen LogP contribution in [0.1, 0.15) is 239 Å². The summed E-state index contributed by atoms with van der Waals surface area (Å²) in [6.07, 6.45) is 49.9. The SMILES string of the molecule is CCCCCCCCCCCCCCCCCCCCCCCCCCCCCCCCCCCCC(C)=O. The van der Waals surface area contributed by atoms with Crippen molar-refractivity contribution in [2.75, 3.05) is 0 Å². The minimum atomic E-state index is 0.353. The summed E-state index contributed by atoms with van der Waals surface area (Å²) in [5, 5.41) is 0. The van der Waals surface area contributed by atoms with Gasteiger partial charge in [-0.15, -0.1) is 0 Å². The fourth-order valence-electron chi connectivity index (χ4n) is 6.10. The monoisotopic (exact) mass is 549 g/mol. The lowest BCUT2D eigenvalue weighted by Crippen LogP contribution is -1.89. The van der Waals surface area contributed by atoms with Gasteiger partial charge in [0.2, 0.25) is 0 Å². The Hall–Kier alpha value is -0.330. The van der Waals surface area contributed by atoms with Crippen LogP contribution in [0.5, 0.6) is 0 Å². The van der Waals surface area contributed by atoms with E-state index < -0.39 is 0 Å². The Morgan fingerprint density at radius 3 is 0.590 bits per heavy atom. The molecule has 0 saturated heterocycles. The van der Waals surface area contributed by atoms with E-state index in [1.165, 1.54) is 212 Å². The highest BCUT2D eigenvalue weighted by atomic mass is 16.1. The van der Waals surface area contributed by atoms with Crippen molar-refractivity contribution in [1.29, 1.82) is 0 Å². The van der Waals surface area contributed by atoms with Gasteiger partial charge in [-0.25, -0.2) is 0 Å². The lowest BCUT2D eigenvalue weighted by atomic mass is 10.0. The summed E-state index contributed by atoms with van der Waals surface area (Å²) in [5.74, 6) is 0.353. The van der Waals surface area contributed by atoms with Crippen molar-refractivity contribution in [2.45, 2.75) is 239 Å². The molecule has 0 N–H and O–H groups in total. The molecular weight excluding hydrogens is 472 g/mol. The van der Waals surface area contributed by atoms with E-state index in [0.29, 0.717) is 5.78 Å². The fourth-order valence-corrected chi connectivity index (χ4v) is 6.10. The van der Waals surface area contributed by atoms with Crippen molar-refractivity contribution in [3.05, 3.63) is 0 Å². The van der Waals surface area contributed by atoms with Gasteiger partial charge in [-0.2, -0.15) is 0 Å². The highest BCUT2D eigenvalue weighted by Crippen LogP contribution is 2.17. The Morgan fingerprint density at radius 2 is 0.436 bits per heavy atom. The molecule has 0 spiro atoms. The van der Waals surface area contributed by atoms with E-state index >= 15 is 0 Å². The van der Waals surface area contributed by atoms with E-state index in [-0.39, 0.29) is 0 Å². The van der Waals surface area contributed by atoms with Crippen LogP contribution in [0.4, 0.5) is 0 Å². The molecule has 0 heterocycles. The molecule has 0 aromatic carbocycles. The highest BCUT2D eigenvalue weighted by Gasteiger charge is 1.98. The van der Waals surface area contributed by atoms with Crippen LogP contribution in [-0.2, 0) is 4.79 Å². The molecule has 0 amide bonds. The molecule has 39 heavy (non-hydrogen) atoms. The zero-order valence-electron chi connectivity index (χ0n) is 27.7. The second-order valence-corrected chi connectivity index (χ2v) is 13.1. The number of ketones is 1. The van der Waals surface area contributed by atoms with Crippen LogP contribution in [0, 0.1) is 0 Å². The molecule has 0 saturated carbocycles. The quantitative estimate of drug-likeness (QED) is 0.0720. The second-order valence-electron chi connectivity index (χ2n) is 13.1. The van der Waals surface area contributed by atoms with Crippen LogP contribution in [-0.4, -0.2) is 5.78 Å². The van der Waals surface area contributed by atoms with E-state index in [2.05, 4.69) is 6.92 Å². The van der Waals surface area contributed by atoms with Crippen molar-refractivity contribution in [3.8, 4) is 0 Å². The average Bonchev–Trinajstić information content (AvgIpc) is 2.93. The maximum absolute atomic E-state index is 10.9. The third-order valence-corrected chi connectivity index (χ3v) is 8.88. The molecule has 0 aliphatic rings. The minimum absolute atomic E-state index is 0.353. The zero-order chi connectivity index (χ0) is 28.3.